The Morgan fingerprint density at radius 3 is 2.13 bits per heavy atom. The Labute approximate surface area is 269 Å². The predicted molar refractivity (Wildman–Crippen MR) is 180 cm³/mol. The van der Waals surface area contributed by atoms with E-state index in [2.05, 4.69) is 38.1 Å². The van der Waals surface area contributed by atoms with Crippen LogP contribution in [0.3, 0.4) is 0 Å². The monoisotopic (exact) mass is 622 g/mol. The number of hydrogen-bond acceptors (Lipinski definition) is 7. The zero-order valence-corrected chi connectivity index (χ0v) is 26.5. The quantitative estimate of drug-likeness (QED) is 0.288. The minimum absolute atomic E-state index is 0.0547. The van der Waals surface area contributed by atoms with Crippen molar-refractivity contribution in [3.8, 4) is 11.4 Å². The number of carbonyl (C=O) groups is 2. The molecular formula is C35H42N8O3. The SMILES string of the molecule is CCn1ccc2nc(-c3ccc(NC(=O)Nc4ccc(C(=O)N5CCC(N6CCCC6)CC5)cc4)cc3)nc(N3CCOCC3)c21. The van der Waals surface area contributed by atoms with Gasteiger partial charge in [0.05, 0.1) is 18.7 Å². The maximum atomic E-state index is 13.1. The van der Waals surface area contributed by atoms with Crippen LogP contribution >= 0.6 is 0 Å². The number of benzene rings is 2. The number of morpholine rings is 1. The van der Waals surface area contributed by atoms with E-state index in [1.807, 2.05) is 35.2 Å². The highest BCUT2D eigenvalue weighted by atomic mass is 16.5. The first kappa shape index (κ1) is 30.2. The van der Waals surface area contributed by atoms with Gasteiger partial charge in [0.2, 0.25) is 0 Å². The van der Waals surface area contributed by atoms with Crippen molar-refractivity contribution in [2.24, 2.45) is 0 Å². The second-order valence-electron chi connectivity index (χ2n) is 12.3. The molecule has 3 aliphatic heterocycles. The predicted octanol–water partition coefficient (Wildman–Crippen LogP) is 5.30. The average Bonchev–Trinajstić information content (AvgIpc) is 3.80. The lowest BCUT2D eigenvalue weighted by atomic mass is 10.0. The fourth-order valence-corrected chi connectivity index (χ4v) is 6.89. The summed E-state index contributed by atoms with van der Waals surface area (Å²) in [5.74, 6) is 1.62. The van der Waals surface area contributed by atoms with Crippen LogP contribution in [0.15, 0.2) is 60.8 Å². The van der Waals surface area contributed by atoms with Crippen LogP contribution in [0.1, 0.15) is 43.0 Å². The maximum Gasteiger partial charge on any atom is 0.323 e. The molecule has 7 rings (SSSR count). The summed E-state index contributed by atoms with van der Waals surface area (Å²) in [5.41, 5.74) is 4.73. The average molecular weight is 623 g/mol. The van der Waals surface area contributed by atoms with Crippen LogP contribution in [-0.4, -0.2) is 94.8 Å². The van der Waals surface area contributed by atoms with E-state index in [1.54, 1.807) is 24.3 Å². The lowest BCUT2D eigenvalue weighted by Crippen LogP contribution is -2.45. The number of likely N-dealkylation sites (tertiary alicyclic amines) is 2. The van der Waals surface area contributed by atoms with Gasteiger partial charge in [0.25, 0.3) is 5.91 Å². The highest BCUT2D eigenvalue weighted by Gasteiger charge is 2.28. The van der Waals surface area contributed by atoms with E-state index >= 15 is 0 Å². The van der Waals surface area contributed by atoms with Gasteiger partial charge in [0, 0.05) is 67.5 Å². The molecule has 11 heteroatoms. The van der Waals surface area contributed by atoms with Crippen molar-refractivity contribution >= 4 is 40.2 Å². The standard InChI is InChI=1S/C35H42N8O3/c1-2-40-20-15-30-31(40)33(42-21-23-46-24-22-42)39-32(38-30)25-5-9-27(10-6-25)36-35(45)37-28-11-7-26(8-12-28)34(44)43-18-13-29(14-19-43)41-16-3-4-17-41/h5-12,15,20,29H,2-4,13-14,16-19,21-24H2,1H3,(H2,36,37,45). The summed E-state index contributed by atoms with van der Waals surface area (Å²) >= 11 is 0. The number of nitrogens with one attached hydrogen (secondary N) is 2. The van der Waals surface area contributed by atoms with Crippen molar-refractivity contribution < 1.29 is 14.3 Å². The van der Waals surface area contributed by atoms with E-state index in [4.69, 9.17) is 14.7 Å². The first-order valence-corrected chi connectivity index (χ1v) is 16.6. The molecule has 3 aliphatic rings. The molecule has 3 saturated heterocycles. The van der Waals surface area contributed by atoms with Gasteiger partial charge in [-0.05, 0) is 100 Å². The van der Waals surface area contributed by atoms with Gasteiger partial charge in [-0.1, -0.05) is 0 Å². The van der Waals surface area contributed by atoms with Crippen LogP contribution in [0.2, 0.25) is 0 Å². The zero-order valence-electron chi connectivity index (χ0n) is 26.5. The first-order valence-electron chi connectivity index (χ1n) is 16.6. The Kier molecular flexibility index (Phi) is 8.85. The molecule has 0 saturated carbocycles. The molecule has 0 atom stereocenters. The van der Waals surface area contributed by atoms with Gasteiger partial charge in [-0.15, -0.1) is 0 Å². The molecule has 0 aliphatic carbocycles. The summed E-state index contributed by atoms with van der Waals surface area (Å²) in [6, 6.07) is 17.0. The number of rotatable bonds is 7. The molecule has 2 N–H and O–H groups in total. The minimum Gasteiger partial charge on any atom is -0.378 e. The lowest BCUT2D eigenvalue weighted by Gasteiger charge is -2.36. The highest BCUT2D eigenvalue weighted by Crippen LogP contribution is 2.30. The summed E-state index contributed by atoms with van der Waals surface area (Å²) in [4.78, 5) is 42.6. The van der Waals surface area contributed by atoms with Crippen LogP contribution in [0.4, 0.5) is 22.0 Å². The Bertz CT molecular complexity index is 1670. The molecule has 46 heavy (non-hydrogen) atoms. The summed E-state index contributed by atoms with van der Waals surface area (Å²) in [7, 11) is 0. The van der Waals surface area contributed by atoms with Crippen LogP contribution in [-0.2, 0) is 11.3 Å². The van der Waals surface area contributed by atoms with Crippen LogP contribution in [0, 0.1) is 0 Å². The smallest absolute Gasteiger partial charge is 0.323 e. The number of amides is 3. The Balaban J connectivity index is 0.962. The second-order valence-corrected chi connectivity index (χ2v) is 12.3. The number of piperidine rings is 1. The number of aryl methyl sites for hydroxylation is 1. The zero-order chi connectivity index (χ0) is 31.5. The largest absolute Gasteiger partial charge is 0.378 e. The Morgan fingerprint density at radius 2 is 1.48 bits per heavy atom. The normalized spacial score (nSPS) is 17.8. The summed E-state index contributed by atoms with van der Waals surface area (Å²) < 4.78 is 7.75. The fourth-order valence-electron chi connectivity index (χ4n) is 6.89. The number of anilines is 3. The summed E-state index contributed by atoms with van der Waals surface area (Å²) in [5, 5.41) is 5.76. The minimum atomic E-state index is -0.357. The number of aromatic nitrogens is 3. The highest BCUT2D eigenvalue weighted by molar-refractivity contribution is 6.00. The molecule has 3 amide bonds. The van der Waals surface area contributed by atoms with E-state index < -0.39 is 0 Å². The van der Waals surface area contributed by atoms with E-state index in [-0.39, 0.29) is 11.9 Å². The number of hydrogen-bond donors (Lipinski definition) is 2. The van der Waals surface area contributed by atoms with Crippen molar-refractivity contribution in [1.82, 2.24) is 24.3 Å². The van der Waals surface area contributed by atoms with Crippen molar-refractivity contribution in [2.75, 3.05) is 68.0 Å². The molecule has 3 fully saturated rings. The maximum absolute atomic E-state index is 13.1. The molecule has 0 radical (unpaired) electrons. The van der Waals surface area contributed by atoms with Gasteiger partial charge in [-0.25, -0.2) is 14.8 Å². The summed E-state index contributed by atoms with van der Waals surface area (Å²) in [6.07, 6.45) is 6.72. The van der Waals surface area contributed by atoms with Crippen molar-refractivity contribution in [1.29, 1.82) is 0 Å². The van der Waals surface area contributed by atoms with Crippen molar-refractivity contribution in [3.63, 3.8) is 0 Å². The lowest BCUT2D eigenvalue weighted by molar-refractivity contribution is 0.0644. The number of nitrogens with zero attached hydrogens (tertiary/aromatic N) is 6. The molecule has 11 nitrogen and oxygen atoms in total. The number of urea groups is 1. The van der Waals surface area contributed by atoms with Gasteiger partial charge in [0.15, 0.2) is 11.6 Å². The van der Waals surface area contributed by atoms with E-state index in [1.165, 1.54) is 25.9 Å². The molecule has 0 unspecified atom stereocenters. The van der Waals surface area contributed by atoms with Gasteiger partial charge in [0.1, 0.15) is 5.52 Å². The third-order valence-corrected chi connectivity index (χ3v) is 9.44. The third-order valence-electron chi connectivity index (χ3n) is 9.44. The van der Waals surface area contributed by atoms with Gasteiger partial charge < -0.3 is 34.6 Å². The summed E-state index contributed by atoms with van der Waals surface area (Å²) in [6.45, 7) is 9.87. The van der Waals surface area contributed by atoms with E-state index in [9.17, 15) is 9.59 Å². The topological polar surface area (TPSA) is 108 Å². The van der Waals surface area contributed by atoms with Gasteiger partial charge >= 0.3 is 6.03 Å². The molecular weight excluding hydrogens is 580 g/mol. The second kappa shape index (κ2) is 13.5. The van der Waals surface area contributed by atoms with Crippen LogP contribution in [0.5, 0.6) is 0 Å². The van der Waals surface area contributed by atoms with Crippen LogP contribution in [0.25, 0.3) is 22.4 Å². The number of fused-ring (bicyclic) bond motifs is 1. The van der Waals surface area contributed by atoms with E-state index in [0.29, 0.717) is 42.0 Å². The molecule has 240 valence electrons. The van der Waals surface area contributed by atoms with Crippen LogP contribution < -0.4 is 15.5 Å². The Morgan fingerprint density at radius 1 is 0.826 bits per heavy atom. The Hall–Kier alpha value is -4.48. The molecule has 2 aromatic carbocycles. The number of ether oxygens (including phenoxy) is 1. The molecule has 2 aromatic heterocycles. The number of carbonyl (C=O) groups excluding carboxylic acids is 2. The fraction of sp³-hybridized carbons (Fsp3) is 0.429. The molecule has 4 aromatic rings. The molecule has 0 bridgehead atoms. The van der Waals surface area contributed by atoms with Gasteiger partial charge in [-0.2, -0.15) is 0 Å². The van der Waals surface area contributed by atoms with Crippen molar-refractivity contribution in [2.45, 2.75) is 45.2 Å². The van der Waals surface area contributed by atoms with Crippen molar-refractivity contribution in [3.05, 3.63) is 66.4 Å². The molecule has 5 heterocycles. The first-order chi connectivity index (χ1) is 22.6. The van der Waals surface area contributed by atoms with Gasteiger partial charge in [-0.3, -0.25) is 4.79 Å². The third kappa shape index (κ3) is 6.43. The molecule has 0 spiro atoms. The van der Waals surface area contributed by atoms with E-state index in [0.717, 1.165) is 68.0 Å².